The first-order valence-electron chi connectivity index (χ1n) is 6.28. The lowest BCUT2D eigenvalue weighted by Gasteiger charge is -2.27. The van der Waals surface area contributed by atoms with E-state index in [2.05, 4.69) is 0 Å². The van der Waals surface area contributed by atoms with Gasteiger partial charge in [0.15, 0.2) is 0 Å². The SMILES string of the molecule is O=C(O)C1CCCC(c2ccc(C(F)(F)F)cc2)C1. The standard InChI is InChI=1S/C14H15F3O2/c15-14(16,17)12-6-4-9(5-7-12)10-2-1-3-11(8-10)13(18)19/h4-7,10-11H,1-3,8H2,(H,18,19). The molecule has 104 valence electrons. The fourth-order valence-electron chi connectivity index (χ4n) is 2.66. The molecule has 0 saturated heterocycles. The van der Waals surface area contributed by atoms with Crippen LogP contribution in [0.2, 0.25) is 0 Å². The largest absolute Gasteiger partial charge is 0.481 e. The number of alkyl halides is 3. The molecule has 0 radical (unpaired) electrons. The molecule has 5 heteroatoms. The van der Waals surface area contributed by atoms with Crippen molar-refractivity contribution in [1.29, 1.82) is 0 Å². The molecule has 0 bridgehead atoms. The van der Waals surface area contributed by atoms with Crippen LogP contribution in [0.5, 0.6) is 0 Å². The van der Waals surface area contributed by atoms with Gasteiger partial charge in [-0.3, -0.25) is 4.79 Å². The fraction of sp³-hybridized carbons (Fsp3) is 0.500. The second-order valence-corrected chi connectivity index (χ2v) is 5.02. The summed E-state index contributed by atoms with van der Waals surface area (Å²) in [6, 6.07) is 5.08. The number of rotatable bonds is 2. The Hall–Kier alpha value is -1.52. The van der Waals surface area contributed by atoms with Gasteiger partial charge in [-0.25, -0.2) is 0 Å². The van der Waals surface area contributed by atoms with Crippen LogP contribution in [0.15, 0.2) is 24.3 Å². The van der Waals surface area contributed by atoms with Gasteiger partial charge in [-0.05, 0) is 42.9 Å². The lowest BCUT2D eigenvalue weighted by atomic mass is 9.78. The highest BCUT2D eigenvalue weighted by Crippen LogP contribution is 2.37. The summed E-state index contributed by atoms with van der Waals surface area (Å²) in [5.74, 6) is -1.13. The third kappa shape index (κ3) is 3.28. The molecular formula is C14H15F3O2. The molecule has 0 spiro atoms. The summed E-state index contributed by atoms with van der Waals surface area (Å²) in [6.45, 7) is 0. The highest BCUT2D eigenvalue weighted by molar-refractivity contribution is 5.70. The van der Waals surface area contributed by atoms with Gasteiger partial charge in [0, 0.05) is 0 Å². The third-order valence-corrected chi connectivity index (χ3v) is 3.73. The molecule has 1 aromatic rings. The van der Waals surface area contributed by atoms with Crippen molar-refractivity contribution in [3.63, 3.8) is 0 Å². The molecular weight excluding hydrogens is 257 g/mol. The second kappa shape index (κ2) is 5.23. The van der Waals surface area contributed by atoms with Crippen LogP contribution in [0, 0.1) is 5.92 Å². The minimum atomic E-state index is -4.32. The van der Waals surface area contributed by atoms with E-state index >= 15 is 0 Å². The molecule has 0 amide bonds. The first-order chi connectivity index (χ1) is 8.88. The van der Waals surface area contributed by atoms with Crippen LogP contribution >= 0.6 is 0 Å². The van der Waals surface area contributed by atoms with Crippen molar-refractivity contribution in [2.24, 2.45) is 5.92 Å². The number of aliphatic carboxylic acids is 1. The molecule has 1 fully saturated rings. The normalized spacial score (nSPS) is 24.2. The maximum atomic E-state index is 12.5. The molecule has 2 unspecified atom stereocenters. The highest BCUT2D eigenvalue weighted by atomic mass is 19.4. The zero-order valence-electron chi connectivity index (χ0n) is 10.3. The Bertz CT molecular complexity index is 451. The van der Waals surface area contributed by atoms with Gasteiger partial charge in [0.25, 0.3) is 0 Å². The lowest BCUT2D eigenvalue weighted by molar-refractivity contribution is -0.143. The molecule has 1 saturated carbocycles. The molecule has 1 N–H and O–H groups in total. The Morgan fingerprint density at radius 3 is 2.32 bits per heavy atom. The van der Waals surface area contributed by atoms with Crippen LogP contribution in [-0.2, 0) is 11.0 Å². The molecule has 19 heavy (non-hydrogen) atoms. The monoisotopic (exact) mass is 272 g/mol. The Balaban J connectivity index is 2.12. The van der Waals surface area contributed by atoms with E-state index in [1.165, 1.54) is 12.1 Å². The van der Waals surface area contributed by atoms with E-state index in [9.17, 15) is 18.0 Å². The molecule has 2 rings (SSSR count). The first-order valence-corrected chi connectivity index (χ1v) is 6.28. The Morgan fingerprint density at radius 2 is 1.79 bits per heavy atom. The summed E-state index contributed by atoms with van der Waals surface area (Å²) in [5, 5.41) is 9.00. The van der Waals surface area contributed by atoms with Crippen LogP contribution in [0.1, 0.15) is 42.7 Å². The minimum Gasteiger partial charge on any atom is -0.481 e. The predicted octanol–water partition coefficient (Wildman–Crippen LogP) is 4.06. The number of carboxylic acids is 1. The number of carbonyl (C=O) groups is 1. The van der Waals surface area contributed by atoms with Gasteiger partial charge in [-0.1, -0.05) is 18.6 Å². The molecule has 0 aliphatic heterocycles. The van der Waals surface area contributed by atoms with Gasteiger partial charge in [-0.2, -0.15) is 13.2 Å². The molecule has 0 heterocycles. The molecule has 2 atom stereocenters. The average molecular weight is 272 g/mol. The number of hydrogen-bond donors (Lipinski definition) is 1. The van der Waals surface area contributed by atoms with E-state index < -0.39 is 17.7 Å². The van der Waals surface area contributed by atoms with Gasteiger partial charge in [0.1, 0.15) is 0 Å². The number of halogens is 3. The van der Waals surface area contributed by atoms with E-state index in [0.29, 0.717) is 12.8 Å². The molecule has 2 nitrogen and oxygen atoms in total. The average Bonchev–Trinajstić information content (AvgIpc) is 2.38. The quantitative estimate of drug-likeness (QED) is 0.881. The van der Waals surface area contributed by atoms with Gasteiger partial charge in [0.05, 0.1) is 11.5 Å². The number of hydrogen-bond acceptors (Lipinski definition) is 1. The summed E-state index contributed by atoms with van der Waals surface area (Å²) in [4.78, 5) is 11.0. The van der Waals surface area contributed by atoms with Crippen molar-refractivity contribution in [3.8, 4) is 0 Å². The van der Waals surface area contributed by atoms with Crippen LogP contribution < -0.4 is 0 Å². The van der Waals surface area contributed by atoms with Gasteiger partial charge < -0.3 is 5.11 Å². The third-order valence-electron chi connectivity index (χ3n) is 3.73. The number of carboxylic acid groups (broad SMARTS) is 1. The Morgan fingerprint density at radius 1 is 1.16 bits per heavy atom. The van der Waals surface area contributed by atoms with Crippen molar-refractivity contribution in [2.75, 3.05) is 0 Å². The summed E-state index contributed by atoms with van der Waals surface area (Å²) in [7, 11) is 0. The van der Waals surface area contributed by atoms with Gasteiger partial charge in [0.2, 0.25) is 0 Å². The van der Waals surface area contributed by atoms with Crippen molar-refractivity contribution in [2.45, 2.75) is 37.8 Å². The van der Waals surface area contributed by atoms with E-state index in [4.69, 9.17) is 5.11 Å². The molecule has 0 aromatic heterocycles. The summed E-state index contributed by atoms with van der Waals surface area (Å²) < 4.78 is 37.4. The van der Waals surface area contributed by atoms with Crippen LogP contribution in [0.3, 0.4) is 0 Å². The highest BCUT2D eigenvalue weighted by Gasteiger charge is 2.31. The van der Waals surface area contributed by atoms with Gasteiger partial charge >= 0.3 is 12.1 Å². The Labute approximate surface area is 109 Å². The second-order valence-electron chi connectivity index (χ2n) is 5.02. The smallest absolute Gasteiger partial charge is 0.416 e. The summed E-state index contributed by atoms with van der Waals surface area (Å²) in [6.07, 6.45) is -1.50. The van der Waals surface area contributed by atoms with Crippen LogP contribution in [0.4, 0.5) is 13.2 Å². The van der Waals surface area contributed by atoms with E-state index in [0.717, 1.165) is 30.5 Å². The Kier molecular flexibility index (Phi) is 3.83. The van der Waals surface area contributed by atoms with Crippen molar-refractivity contribution in [1.82, 2.24) is 0 Å². The van der Waals surface area contributed by atoms with Crippen molar-refractivity contribution >= 4 is 5.97 Å². The summed E-state index contributed by atoms with van der Waals surface area (Å²) >= 11 is 0. The molecule has 1 aliphatic rings. The van der Waals surface area contributed by atoms with Crippen molar-refractivity contribution in [3.05, 3.63) is 35.4 Å². The maximum absolute atomic E-state index is 12.5. The zero-order chi connectivity index (χ0) is 14.0. The maximum Gasteiger partial charge on any atom is 0.416 e. The van der Waals surface area contributed by atoms with E-state index in [1.807, 2.05) is 0 Å². The zero-order valence-corrected chi connectivity index (χ0v) is 10.3. The topological polar surface area (TPSA) is 37.3 Å². The number of benzene rings is 1. The van der Waals surface area contributed by atoms with Gasteiger partial charge in [-0.15, -0.1) is 0 Å². The predicted molar refractivity (Wildman–Crippen MR) is 63.8 cm³/mol. The van der Waals surface area contributed by atoms with Crippen LogP contribution in [-0.4, -0.2) is 11.1 Å². The van der Waals surface area contributed by atoms with E-state index in [1.54, 1.807) is 0 Å². The first kappa shape index (κ1) is 13.9. The van der Waals surface area contributed by atoms with Crippen molar-refractivity contribution < 1.29 is 23.1 Å². The lowest BCUT2D eigenvalue weighted by Crippen LogP contribution is -2.21. The fourth-order valence-corrected chi connectivity index (χ4v) is 2.66. The minimum absolute atomic E-state index is 0.0529. The summed E-state index contributed by atoms with van der Waals surface area (Å²) in [5.41, 5.74) is 0.140. The van der Waals surface area contributed by atoms with E-state index in [-0.39, 0.29) is 11.8 Å². The molecule has 1 aliphatic carbocycles. The molecule has 1 aromatic carbocycles. The van der Waals surface area contributed by atoms with Crippen LogP contribution in [0.25, 0.3) is 0 Å².